The van der Waals surface area contributed by atoms with Gasteiger partial charge in [0, 0.05) is 22.8 Å². The number of aryl methyl sites for hydroxylation is 3. The van der Waals surface area contributed by atoms with E-state index >= 15 is 0 Å². The number of benzene rings is 1. The van der Waals surface area contributed by atoms with E-state index in [9.17, 15) is 4.79 Å². The van der Waals surface area contributed by atoms with Crippen molar-refractivity contribution in [3.05, 3.63) is 64.3 Å². The normalized spacial score (nSPS) is 12.0. The maximum atomic E-state index is 12.8. The van der Waals surface area contributed by atoms with Gasteiger partial charge in [0.05, 0.1) is 39.5 Å². The summed E-state index contributed by atoms with van der Waals surface area (Å²) in [6, 6.07) is 7.67. The molecule has 6 heterocycles. The van der Waals surface area contributed by atoms with Crippen molar-refractivity contribution in [2.75, 3.05) is 0 Å². The monoisotopic (exact) mass is 399 g/mol. The predicted molar refractivity (Wildman–Crippen MR) is 113 cm³/mol. The lowest BCUT2D eigenvalue weighted by Crippen LogP contribution is -2.11. The fourth-order valence-corrected chi connectivity index (χ4v) is 4.22. The second-order valence-electron chi connectivity index (χ2n) is 7.48. The largest absolute Gasteiger partial charge is 0.455 e. The molecule has 0 unspecified atom stereocenters. The van der Waals surface area contributed by atoms with Gasteiger partial charge in [-0.25, -0.2) is 4.79 Å². The van der Waals surface area contributed by atoms with Crippen LogP contribution in [0.1, 0.15) is 17.1 Å². The summed E-state index contributed by atoms with van der Waals surface area (Å²) in [6.07, 6.45) is 3.47. The van der Waals surface area contributed by atoms with Gasteiger partial charge in [-0.05, 0) is 45.0 Å². The molecule has 8 nitrogen and oxygen atoms in total. The maximum absolute atomic E-state index is 12.8. The van der Waals surface area contributed by atoms with Crippen molar-refractivity contribution < 1.29 is 8.94 Å². The van der Waals surface area contributed by atoms with Gasteiger partial charge in [-0.2, -0.15) is 0 Å². The number of H-pyrrole nitrogens is 2. The van der Waals surface area contributed by atoms with Crippen molar-refractivity contribution >= 4 is 38.6 Å². The summed E-state index contributed by atoms with van der Waals surface area (Å²) >= 11 is 0. The Hall–Kier alpha value is -4.07. The molecule has 0 atom stereocenters. The molecule has 0 fully saturated rings. The average molecular weight is 399 g/mol. The Bertz CT molecular complexity index is 1670. The van der Waals surface area contributed by atoms with E-state index in [1.165, 1.54) is 0 Å². The Morgan fingerprint density at radius 1 is 1.10 bits per heavy atom. The minimum absolute atomic E-state index is 0.217. The summed E-state index contributed by atoms with van der Waals surface area (Å²) in [7, 11) is 0. The van der Waals surface area contributed by atoms with Crippen LogP contribution in [0.4, 0.5) is 0 Å². The molecule has 4 bridgehead atoms. The van der Waals surface area contributed by atoms with Crippen LogP contribution < -0.4 is 5.69 Å². The van der Waals surface area contributed by atoms with E-state index in [4.69, 9.17) is 8.94 Å². The quantitative estimate of drug-likeness (QED) is 0.422. The summed E-state index contributed by atoms with van der Waals surface area (Å²) in [6.45, 7) is 5.68. The molecule has 1 aromatic carbocycles. The molecule has 0 aliphatic rings. The number of aromatic nitrogens is 5. The number of hydrogen-bond acceptors (Lipinski definition) is 5. The first-order chi connectivity index (χ1) is 14.5. The van der Waals surface area contributed by atoms with Crippen molar-refractivity contribution in [1.82, 2.24) is 24.5 Å². The van der Waals surface area contributed by atoms with Gasteiger partial charge in [0.1, 0.15) is 16.9 Å². The van der Waals surface area contributed by atoms with Crippen molar-refractivity contribution in [2.45, 2.75) is 20.8 Å². The molecule has 30 heavy (non-hydrogen) atoms. The molecule has 0 aliphatic carbocycles. The third-order valence-corrected chi connectivity index (χ3v) is 5.65. The van der Waals surface area contributed by atoms with Crippen molar-refractivity contribution in [1.29, 1.82) is 0 Å². The second-order valence-corrected chi connectivity index (χ2v) is 7.48. The first-order valence-electron chi connectivity index (χ1n) is 9.56. The molecule has 0 amide bonds. The minimum atomic E-state index is -0.217. The molecule has 0 saturated heterocycles. The van der Waals surface area contributed by atoms with E-state index in [2.05, 4.69) is 20.1 Å². The summed E-state index contributed by atoms with van der Waals surface area (Å²) < 4.78 is 13.4. The van der Waals surface area contributed by atoms with E-state index in [-0.39, 0.29) is 5.69 Å². The lowest BCUT2D eigenvalue weighted by atomic mass is 10.0. The van der Waals surface area contributed by atoms with Gasteiger partial charge < -0.3 is 18.9 Å². The van der Waals surface area contributed by atoms with Crippen LogP contribution in [0.2, 0.25) is 0 Å². The van der Waals surface area contributed by atoms with Crippen molar-refractivity contribution in [2.24, 2.45) is 0 Å². The number of hydrogen-bond donors (Lipinski definition) is 2. The topological polar surface area (TPSA) is 105 Å². The molecular weight excluding hydrogens is 382 g/mol. The average Bonchev–Trinajstić information content (AvgIpc) is 3.24. The fraction of sp³-hybridized carbons (Fsp3) is 0.136. The summed E-state index contributed by atoms with van der Waals surface area (Å²) in [5, 5.41) is 4.91. The van der Waals surface area contributed by atoms with Crippen LogP contribution in [0.15, 0.2) is 50.4 Å². The zero-order chi connectivity index (χ0) is 20.6. The highest BCUT2D eigenvalue weighted by atomic mass is 16.5. The molecule has 0 aliphatic heterocycles. The molecule has 8 heteroatoms. The minimum Gasteiger partial charge on any atom is -0.455 e. The maximum Gasteiger partial charge on any atom is 0.330 e. The SMILES string of the molecule is Cc1noc(C)c1-c1cc2ncc3[nH]c(=O)n4c(C)c5ccc(c[nH]5)oc1cc2c34. The Kier molecular flexibility index (Phi) is 3.22. The van der Waals surface area contributed by atoms with E-state index in [0.717, 1.165) is 44.5 Å². The smallest absolute Gasteiger partial charge is 0.330 e. The van der Waals surface area contributed by atoms with Gasteiger partial charge in [-0.15, -0.1) is 0 Å². The molecule has 7 rings (SSSR count). The van der Waals surface area contributed by atoms with E-state index < -0.39 is 0 Å². The Labute approximate surface area is 168 Å². The number of nitrogens with one attached hydrogen (secondary N) is 2. The van der Waals surface area contributed by atoms with Gasteiger partial charge in [-0.3, -0.25) is 9.38 Å². The van der Waals surface area contributed by atoms with Crippen LogP contribution in [0.5, 0.6) is 0 Å². The van der Waals surface area contributed by atoms with Crippen LogP contribution in [0, 0.1) is 20.8 Å². The number of rotatable bonds is 1. The molecule has 148 valence electrons. The zero-order valence-corrected chi connectivity index (χ0v) is 16.5. The third-order valence-electron chi connectivity index (χ3n) is 5.65. The van der Waals surface area contributed by atoms with Crippen LogP contribution in [-0.2, 0) is 0 Å². The zero-order valence-electron chi connectivity index (χ0n) is 16.5. The van der Waals surface area contributed by atoms with Crippen molar-refractivity contribution in [3.8, 4) is 11.1 Å². The lowest BCUT2D eigenvalue weighted by Gasteiger charge is -2.07. The second kappa shape index (κ2) is 5.73. The van der Waals surface area contributed by atoms with E-state index in [1.54, 1.807) is 16.8 Å². The number of fused-ring (bicyclic) bond motifs is 2. The first-order valence-corrected chi connectivity index (χ1v) is 9.56. The van der Waals surface area contributed by atoms with Gasteiger partial charge in [0.2, 0.25) is 0 Å². The molecule has 7 aromatic rings. The Balaban J connectivity index is 1.96. The lowest BCUT2D eigenvalue weighted by molar-refractivity contribution is 0.393. The van der Waals surface area contributed by atoms with Crippen LogP contribution in [-0.4, -0.2) is 24.5 Å². The van der Waals surface area contributed by atoms with Gasteiger partial charge in [0.25, 0.3) is 0 Å². The number of pyridine rings is 2. The highest BCUT2D eigenvalue weighted by molar-refractivity contribution is 6.06. The van der Waals surface area contributed by atoms with Crippen LogP contribution >= 0.6 is 0 Å². The standard InChI is InChI=1S/C22H17N5O3/c1-10-20(12(3)30-26-10)15-6-17-14-7-19(15)29-13-4-5-16(23-8-13)11(2)27-21(14)18(9-24-17)25-22(27)28/h4-9,23H,1-3H3,(H,25,28). The van der Waals surface area contributed by atoms with Gasteiger partial charge in [0.15, 0.2) is 0 Å². The highest BCUT2D eigenvalue weighted by Gasteiger charge is 2.18. The van der Waals surface area contributed by atoms with Gasteiger partial charge >= 0.3 is 5.69 Å². The van der Waals surface area contributed by atoms with Crippen LogP contribution in [0.3, 0.4) is 0 Å². The van der Waals surface area contributed by atoms with E-state index in [0.29, 0.717) is 22.4 Å². The molecule has 6 aromatic heterocycles. The molecular formula is C22H17N5O3. The van der Waals surface area contributed by atoms with Gasteiger partial charge in [-0.1, -0.05) is 5.16 Å². The number of nitrogens with zero attached hydrogens (tertiary/aromatic N) is 3. The Morgan fingerprint density at radius 3 is 2.70 bits per heavy atom. The molecule has 2 N–H and O–H groups in total. The summed E-state index contributed by atoms with van der Waals surface area (Å²) in [5.41, 5.74) is 7.31. The third kappa shape index (κ3) is 2.18. The highest BCUT2D eigenvalue weighted by Crippen LogP contribution is 2.35. The number of imidazole rings is 1. The summed E-state index contributed by atoms with van der Waals surface area (Å²) in [5.74, 6) is 0.701. The first kappa shape index (κ1) is 16.8. The summed E-state index contributed by atoms with van der Waals surface area (Å²) in [4.78, 5) is 23.6. The molecule has 0 spiro atoms. The van der Waals surface area contributed by atoms with E-state index in [1.807, 2.05) is 45.0 Å². The fourth-order valence-electron chi connectivity index (χ4n) is 4.22. The van der Waals surface area contributed by atoms with Crippen LogP contribution in [0.25, 0.3) is 49.7 Å². The Morgan fingerprint density at radius 2 is 1.97 bits per heavy atom. The number of aromatic amines is 2. The molecule has 0 radical (unpaired) electrons. The molecule has 0 saturated carbocycles. The predicted octanol–water partition coefficient (Wildman–Crippen LogP) is 4.55. The van der Waals surface area contributed by atoms with Crippen molar-refractivity contribution in [3.63, 3.8) is 0 Å².